The van der Waals surface area contributed by atoms with E-state index in [1.54, 1.807) is 6.20 Å². The van der Waals surface area contributed by atoms with Gasteiger partial charge in [0, 0.05) is 18.3 Å². The van der Waals surface area contributed by atoms with E-state index < -0.39 is 0 Å². The molecule has 0 radical (unpaired) electrons. The molecule has 0 spiro atoms. The number of hydrogen-bond donors (Lipinski definition) is 2. The number of pyridine rings is 1. The van der Waals surface area contributed by atoms with E-state index in [4.69, 9.17) is 22.7 Å². The Morgan fingerprint density at radius 1 is 1.37 bits per heavy atom. The molecular formula is C14H21N3OS. The third-order valence-electron chi connectivity index (χ3n) is 3.36. The monoisotopic (exact) mass is 279 g/mol. The minimum atomic E-state index is 0.375. The first kappa shape index (κ1) is 14.2. The zero-order valence-corrected chi connectivity index (χ0v) is 11.9. The summed E-state index contributed by atoms with van der Waals surface area (Å²) < 4.78 is 5.84. The topological polar surface area (TPSA) is 60.2 Å². The van der Waals surface area contributed by atoms with Crippen molar-refractivity contribution in [2.24, 2.45) is 5.73 Å². The number of hydrogen-bond acceptors (Lipinski definition) is 4. The van der Waals surface area contributed by atoms with Gasteiger partial charge < -0.3 is 15.8 Å². The highest BCUT2D eigenvalue weighted by Gasteiger charge is 2.12. The Kier molecular flexibility index (Phi) is 5.54. The van der Waals surface area contributed by atoms with Gasteiger partial charge in [0.15, 0.2) is 0 Å². The van der Waals surface area contributed by atoms with Crippen molar-refractivity contribution in [1.29, 1.82) is 0 Å². The Hall–Kier alpha value is -1.20. The molecule has 1 heterocycles. The lowest BCUT2D eigenvalue weighted by Gasteiger charge is -2.22. The number of rotatable bonds is 6. The van der Waals surface area contributed by atoms with Crippen LogP contribution in [0, 0.1) is 0 Å². The fraction of sp³-hybridized carbons (Fsp3) is 0.571. The normalized spacial score (nSPS) is 16.2. The summed E-state index contributed by atoms with van der Waals surface area (Å²) >= 11 is 4.88. The summed E-state index contributed by atoms with van der Waals surface area (Å²) in [6, 6.07) is 3.76. The highest BCUT2D eigenvalue weighted by molar-refractivity contribution is 7.80. The highest BCUT2D eigenvalue weighted by Crippen LogP contribution is 2.19. The van der Waals surface area contributed by atoms with Crippen LogP contribution >= 0.6 is 12.2 Å². The van der Waals surface area contributed by atoms with Crippen molar-refractivity contribution in [3.05, 3.63) is 23.9 Å². The van der Waals surface area contributed by atoms with E-state index in [1.165, 1.54) is 32.1 Å². The quantitative estimate of drug-likeness (QED) is 0.619. The van der Waals surface area contributed by atoms with Crippen LogP contribution in [0.3, 0.4) is 0 Å². The lowest BCUT2D eigenvalue weighted by atomic mass is 9.98. The molecule has 19 heavy (non-hydrogen) atoms. The summed E-state index contributed by atoms with van der Waals surface area (Å²) in [5, 5.41) is 3.23. The molecule has 0 amide bonds. The molecule has 0 bridgehead atoms. The Bertz CT molecular complexity index is 402. The summed E-state index contributed by atoms with van der Waals surface area (Å²) in [6.45, 7) is 1.50. The van der Waals surface area contributed by atoms with Gasteiger partial charge in [-0.3, -0.25) is 0 Å². The fourth-order valence-electron chi connectivity index (χ4n) is 2.28. The predicted molar refractivity (Wildman–Crippen MR) is 81.4 cm³/mol. The van der Waals surface area contributed by atoms with Crippen LogP contribution in [0.5, 0.6) is 0 Å². The third kappa shape index (κ3) is 4.76. The lowest BCUT2D eigenvalue weighted by Crippen LogP contribution is -2.20. The van der Waals surface area contributed by atoms with Crippen LogP contribution in [0.2, 0.25) is 0 Å². The van der Waals surface area contributed by atoms with Gasteiger partial charge in [0.05, 0.1) is 12.7 Å². The Morgan fingerprint density at radius 2 is 2.16 bits per heavy atom. The average molecular weight is 279 g/mol. The largest absolute Gasteiger partial charge is 0.389 e. The van der Waals surface area contributed by atoms with Crippen molar-refractivity contribution in [3.63, 3.8) is 0 Å². The van der Waals surface area contributed by atoms with Crippen LogP contribution in [0.25, 0.3) is 0 Å². The van der Waals surface area contributed by atoms with Crippen molar-refractivity contribution in [2.45, 2.75) is 38.2 Å². The Morgan fingerprint density at radius 3 is 2.79 bits per heavy atom. The molecule has 1 aromatic rings. The summed E-state index contributed by atoms with van der Waals surface area (Å²) in [4.78, 5) is 4.62. The van der Waals surface area contributed by atoms with Gasteiger partial charge in [-0.05, 0) is 25.0 Å². The first-order valence-corrected chi connectivity index (χ1v) is 7.28. The standard InChI is InChI=1S/C14H21N3OS/c15-14(19)11-6-7-13(17-10-11)16-8-9-18-12-4-2-1-3-5-12/h6-7,10,12H,1-5,8-9H2,(H2,15,19)(H,16,17). The smallest absolute Gasteiger partial charge is 0.125 e. The SMILES string of the molecule is NC(=S)c1ccc(NCCOC2CCCCC2)nc1. The van der Waals surface area contributed by atoms with Crippen molar-refractivity contribution in [3.8, 4) is 0 Å². The van der Waals surface area contributed by atoms with E-state index in [0.29, 0.717) is 11.1 Å². The molecule has 5 heteroatoms. The summed E-state index contributed by atoms with van der Waals surface area (Å²) in [6.07, 6.45) is 8.53. The average Bonchev–Trinajstić information content (AvgIpc) is 2.45. The number of thiocarbonyl (C=S) groups is 1. The minimum absolute atomic E-state index is 0.375. The molecule has 1 aliphatic carbocycles. The molecule has 2 rings (SSSR count). The number of nitrogens with one attached hydrogen (secondary N) is 1. The van der Waals surface area contributed by atoms with Gasteiger partial charge in [-0.25, -0.2) is 4.98 Å². The van der Waals surface area contributed by atoms with E-state index in [2.05, 4.69) is 10.3 Å². The van der Waals surface area contributed by atoms with Gasteiger partial charge >= 0.3 is 0 Å². The van der Waals surface area contributed by atoms with Crippen molar-refractivity contribution >= 4 is 23.0 Å². The van der Waals surface area contributed by atoms with Gasteiger partial charge in [-0.1, -0.05) is 31.5 Å². The molecule has 104 valence electrons. The highest BCUT2D eigenvalue weighted by atomic mass is 32.1. The van der Waals surface area contributed by atoms with E-state index in [-0.39, 0.29) is 0 Å². The molecule has 3 N–H and O–H groups in total. The Balaban J connectivity index is 1.66. The van der Waals surface area contributed by atoms with Crippen molar-refractivity contribution in [1.82, 2.24) is 4.98 Å². The number of nitrogens with zero attached hydrogens (tertiary/aromatic N) is 1. The van der Waals surface area contributed by atoms with Crippen LogP contribution < -0.4 is 11.1 Å². The second kappa shape index (κ2) is 7.40. The molecule has 1 saturated carbocycles. The second-order valence-corrected chi connectivity index (χ2v) is 5.29. The number of anilines is 1. The number of aromatic nitrogens is 1. The second-order valence-electron chi connectivity index (χ2n) is 4.85. The lowest BCUT2D eigenvalue weighted by molar-refractivity contribution is 0.0347. The van der Waals surface area contributed by atoms with Gasteiger partial charge in [0.25, 0.3) is 0 Å². The molecule has 0 atom stereocenters. The maximum Gasteiger partial charge on any atom is 0.125 e. The van der Waals surface area contributed by atoms with Crippen LogP contribution in [-0.2, 0) is 4.74 Å². The first-order valence-electron chi connectivity index (χ1n) is 6.87. The summed E-state index contributed by atoms with van der Waals surface area (Å²) in [5.74, 6) is 0.826. The molecule has 0 saturated heterocycles. The first-order chi connectivity index (χ1) is 9.25. The maximum atomic E-state index is 5.84. The zero-order chi connectivity index (χ0) is 13.5. The summed E-state index contributed by atoms with van der Waals surface area (Å²) in [7, 11) is 0. The van der Waals surface area contributed by atoms with E-state index >= 15 is 0 Å². The van der Waals surface area contributed by atoms with E-state index in [9.17, 15) is 0 Å². The van der Waals surface area contributed by atoms with Crippen LogP contribution in [0.15, 0.2) is 18.3 Å². The summed E-state index contributed by atoms with van der Waals surface area (Å²) in [5.41, 5.74) is 6.31. The van der Waals surface area contributed by atoms with Crippen molar-refractivity contribution < 1.29 is 4.74 Å². The molecule has 1 fully saturated rings. The van der Waals surface area contributed by atoms with Crippen LogP contribution in [0.4, 0.5) is 5.82 Å². The molecule has 0 aliphatic heterocycles. The van der Waals surface area contributed by atoms with Gasteiger partial charge in [-0.15, -0.1) is 0 Å². The minimum Gasteiger partial charge on any atom is -0.389 e. The van der Waals surface area contributed by atoms with Gasteiger partial charge in [-0.2, -0.15) is 0 Å². The number of ether oxygens (including phenoxy) is 1. The van der Waals surface area contributed by atoms with E-state index in [1.807, 2.05) is 12.1 Å². The van der Waals surface area contributed by atoms with Gasteiger partial charge in [0.1, 0.15) is 10.8 Å². The predicted octanol–water partition coefficient (Wildman–Crippen LogP) is 2.48. The number of nitrogens with two attached hydrogens (primary N) is 1. The molecule has 0 unspecified atom stereocenters. The van der Waals surface area contributed by atoms with Crippen LogP contribution in [0.1, 0.15) is 37.7 Å². The molecular weight excluding hydrogens is 258 g/mol. The maximum absolute atomic E-state index is 5.84. The molecule has 1 aromatic heterocycles. The van der Waals surface area contributed by atoms with Crippen molar-refractivity contribution in [2.75, 3.05) is 18.5 Å². The van der Waals surface area contributed by atoms with Gasteiger partial charge in [0.2, 0.25) is 0 Å². The zero-order valence-electron chi connectivity index (χ0n) is 11.1. The third-order valence-corrected chi connectivity index (χ3v) is 3.60. The van der Waals surface area contributed by atoms with Crippen LogP contribution in [-0.4, -0.2) is 29.2 Å². The Labute approximate surface area is 119 Å². The van der Waals surface area contributed by atoms with E-state index in [0.717, 1.165) is 24.5 Å². The molecule has 1 aliphatic rings. The molecule has 0 aromatic carbocycles. The molecule has 4 nitrogen and oxygen atoms in total. The fourth-order valence-corrected chi connectivity index (χ4v) is 2.40.